The van der Waals surface area contributed by atoms with Crippen LogP contribution in [0, 0.1) is 11.6 Å². The lowest BCUT2D eigenvalue weighted by Gasteiger charge is -2.25. The molecule has 0 saturated carbocycles. The van der Waals surface area contributed by atoms with Gasteiger partial charge in [-0.1, -0.05) is 4.47 Å². The van der Waals surface area contributed by atoms with Crippen molar-refractivity contribution in [3.63, 3.8) is 0 Å². The predicted molar refractivity (Wildman–Crippen MR) is 55.4 cm³/mol. The molecule has 17 heavy (non-hydrogen) atoms. The molecule has 7 heteroatoms. The third-order valence-electron chi connectivity index (χ3n) is 2.43. The second-order valence-corrected chi connectivity index (χ2v) is 5.48. The van der Waals surface area contributed by atoms with Gasteiger partial charge in [0.15, 0.2) is 11.6 Å². The zero-order valence-corrected chi connectivity index (χ0v) is 9.71. The van der Waals surface area contributed by atoms with Gasteiger partial charge in [0.25, 0.3) is 10.0 Å². The monoisotopic (exact) mass is 263 g/mol. The highest BCUT2D eigenvalue weighted by molar-refractivity contribution is 7.89. The predicted octanol–water partition coefficient (Wildman–Crippen LogP) is 1.68. The molecule has 0 aromatic heterocycles. The van der Waals surface area contributed by atoms with E-state index >= 15 is 0 Å². The maximum Gasteiger partial charge on any atom is 0.265 e. The molecule has 4 nitrogen and oxygen atoms in total. The molecule has 94 valence electrons. The number of sulfonamides is 1. The fraction of sp³-hybridized carbons (Fsp3) is 0.400. The second kappa shape index (κ2) is 4.67. The van der Waals surface area contributed by atoms with Crippen LogP contribution in [0.3, 0.4) is 0 Å². The Labute approximate surface area is 97.8 Å². The van der Waals surface area contributed by atoms with Crippen LogP contribution in [-0.2, 0) is 14.9 Å². The van der Waals surface area contributed by atoms with E-state index in [4.69, 9.17) is 4.84 Å². The molecule has 0 amide bonds. The van der Waals surface area contributed by atoms with Crippen molar-refractivity contribution in [2.75, 3.05) is 13.2 Å². The van der Waals surface area contributed by atoms with Gasteiger partial charge in [-0.25, -0.2) is 17.2 Å². The topological polar surface area (TPSA) is 46.6 Å². The number of hydrogen-bond donors (Lipinski definition) is 0. The summed E-state index contributed by atoms with van der Waals surface area (Å²) in [4.78, 5) is 4.69. The van der Waals surface area contributed by atoms with Crippen molar-refractivity contribution < 1.29 is 22.0 Å². The normalized spacial score (nSPS) is 18.2. The van der Waals surface area contributed by atoms with Crippen LogP contribution >= 0.6 is 0 Å². The molecule has 1 saturated heterocycles. The maximum absolute atomic E-state index is 13.0. The Morgan fingerprint density at radius 1 is 1.18 bits per heavy atom. The van der Waals surface area contributed by atoms with Gasteiger partial charge in [-0.3, -0.25) is 4.84 Å². The average molecular weight is 263 g/mol. The number of nitrogens with zero attached hydrogens (tertiary/aromatic N) is 1. The highest BCUT2D eigenvalue weighted by Crippen LogP contribution is 2.21. The van der Waals surface area contributed by atoms with Crippen LogP contribution in [0.2, 0.25) is 0 Å². The van der Waals surface area contributed by atoms with Crippen molar-refractivity contribution in [2.45, 2.75) is 17.7 Å². The second-order valence-electron chi connectivity index (χ2n) is 3.65. The molecule has 0 spiro atoms. The molecule has 1 aromatic rings. The summed E-state index contributed by atoms with van der Waals surface area (Å²) in [6.07, 6.45) is 1.46. The molecule has 0 aliphatic carbocycles. The molecule has 1 aromatic carbocycles. The summed E-state index contributed by atoms with van der Waals surface area (Å²) in [6, 6.07) is 2.46. The SMILES string of the molecule is O=S(=O)(c1ccc(F)c(F)c1)N1CCCCO1. The Morgan fingerprint density at radius 2 is 1.94 bits per heavy atom. The molecule has 1 aliphatic rings. The van der Waals surface area contributed by atoms with Crippen LogP contribution in [0.1, 0.15) is 12.8 Å². The molecule has 0 N–H and O–H groups in total. The van der Waals surface area contributed by atoms with Crippen LogP contribution < -0.4 is 0 Å². The molecular weight excluding hydrogens is 252 g/mol. The quantitative estimate of drug-likeness (QED) is 0.815. The zero-order valence-electron chi connectivity index (χ0n) is 8.90. The van der Waals surface area contributed by atoms with E-state index < -0.39 is 21.7 Å². The van der Waals surface area contributed by atoms with Gasteiger partial charge in [-0.05, 0) is 31.0 Å². The van der Waals surface area contributed by atoms with E-state index in [1.54, 1.807) is 0 Å². The largest absolute Gasteiger partial charge is 0.284 e. The fourth-order valence-electron chi connectivity index (χ4n) is 1.52. The van der Waals surface area contributed by atoms with Crippen molar-refractivity contribution in [1.29, 1.82) is 0 Å². The summed E-state index contributed by atoms with van der Waals surface area (Å²) in [7, 11) is -3.90. The molecule has 0 unspecified atom stereocenters. The van der Waals surface area contributed by atoms with Gasteiger partial charge in [0.05, 0.1) is 11.5 Å². The van der Waals surface area contributed by atoms with Crippen molar-refractivity contribution in [3.05, 3.63) is 29.8 Å². The molecule has 2 rings (SSSR count). The van der Waals surface area contributed by atoms with E-state index in [-0.39, 0.29) is 11.4 Å². The van der Waals surface area contributed by atoms with E-state index in [1.807, 2.05) is 0 Å². The van der Waals surface area contributed by atoms with E-state index in [0.29, 0.717) is 19.1 Å². The number of hydroxylamine groups is 1. The maximum atomic E-state index is 13.0. The lowest BCUT2D eigenvalue weighted by molar-refractivity contribution is -0.108. The van der Waals surface area contributed by atoms with Crippen molar-refractivity contribution in [2.24, 2.45) is 0 Å². The van der Waals surface area contributed by atoms with Gasteiger partial charge in [0, 0.05) is 6.54 Å². The summed E-state index contributed by atoms with van der Waals surface area (Å²) in [6.45, 7) is 0.532. The standard InChI is InChI=1S/C10H11F2NO3S/c11-9-4-3-8(7-10(9)12)17(14,15)13-5-1-2-6-16-13/h3-4,7H,1-2,5-6H2. The highest BCUT2D eigenvalue weighted by atomic mass is 32.2. The van der Waals surface area contributed by atoms with Crippen molar-refractivity contribution in [3.8, 4) is 0 Å². The molecule has 1 aliphatic heterocycles. The zero-order chi connectivity index (χ0) is 12.5. The van der Waals surface area contributed by atoms with Gasteiger partial charge >= 0.3 is 0 Å². The summed E-state index contributed by atoms with van der Waals surface area (Å²) < 4.78 is 50.4. The number of hydrogen-bond acceptors (Lipinski definition) is 3. The fourth-order valence-corrected chi connectivity index (χ4v) is 2.83. The van der Waals surface area contributed by atoms with Gasteiger partial charge in [0.2, 0.25) is 0 Å². The molecule has 0 bridgehead atoms. The van der Waals surface area contributed by atoms with E-state index in [9.17, 15) is 17.2 Å². The minimum absolute atomic E-state index is 0.224. The molecule has 1 heterocycles. The van der Waals surface area contributed by atoms with E-state index in [1.165, 1.54) is 0 Å². The average Bonchev–Trinajstić information content (AvgIpc) is 2.33. The number of rotatable bonds is 2. The third-order valence-corrected chi connectivity index (χ3v) is 4.10. The van der Waals surface area contributed by atoms with Crippen LogP contribution in [0.4, 0.5) is 8.78 Å². The summed E-state index contributed by atoms with van der Waals surface area (Å²) >= 11 is 0. The molecule has 0 atom stereocenters. The first-order valence-electron chi connectivity index (χ1n) is 5.12. The lowest BCUT2D eigenvalue weighted by Crippen LogP contribution is -2.35. The Kier molecular flexibility index (Phi) is 3.41. The van der Waals surface area contributed by atoms with Crippen LogP contribution in [-0.4, -0.2) is 26.0 Å². The summed E-state index contributed by atoms with van der Waals surface area (Å²) in [5.74, 6) is -2.27. The Balaban J connectivity index is 2.33. The lowest BCUT2D eigenvalue weighted by atomic mass is 10.3. The molecular formula is C10H11F2NO3S. The minimum Gasteiger partial charge on any atom is -0.284 e. The van der Waals surface area contributed by atoms with Crippen LogP contribution in [0.15, 0.2) is 23.1 Å². The first-order chi connectivity index (χ1) is 8.01. The van der Waals surface area contributed by atoms with Gasteiger partial charge in [-0.15, -0.1) is 0 Å². The van der Waals surface area contributed by atoms with Crippen LogP contribution in [0.25, 0.3) is 0 Å². The van der Waals surface area contributed by atoms with Crippen LogP contribution in [0.5, 0.6) is 0 Å². The summed E-state index contributed by atoms with van der Waals surface area (Å²) in [5.41, 5.74) is 0. The number of benzene rings is 1. The molecule has 1 fully saturated rings. The highest BCUT2D eigenvalue weighted by Gasteiger charge is 2.28. The third kappa shape index (κ3) is 2.46. The first-order valence-corrected chi connectivity index (χ1v) is 6.56. The van der Waals surface area contributed by atoms with Gasteiger partial charge in [-0.2, -0.15) is 0 Å². The Bertz CT molecular complexity index is 512. The minimum atomic E-state index is -3.90. The van der Waals surface area contributed by atoms with E-state index in [0.717, 1.165) is 23.0 Å². The Hall–Kier alpha value is -1.05. The summed E-state index contributed by atoms with van der Waals surface area (Å²) in [5, 5.41) is 0. The number of halogens is 2. The van der Waals surface area contributed by atoms with Gasteiger partial charge in [0.1, 0.15) is 0 Å². The van der Waals surface area contributed by atoms with Gasteiger partial charge < -0.3 is 0 Å². The van der Waals surface area contributed by atoms with Crippen molar-refractivity contribution >= 4 is 10.0 Å². The smallest absolute Gasteiger partial charge is 0.265 e. The van der Waals surface area contributed by atoms with E-state index in [2.05, 4.69) is 0 Å². The molecule has 0 radical (unpaired) electrons. The first kappa shape index (κ1) is 12.4. The Morgan fingerprint density at radius 3 is 2.53 bits per heavy atom. The van der Waals surface area contributed by atoms with Crippen molar-refractivity contribution in [1.82, 2.24) is 4.47 Å².